The molecule has 2 N–H and O–H groups in total. The minimum absolute atomic E-state index is 0.0356. The monoisotopic (exact) mass is 600 g/mol. The van der Waals surface area contributed by atoms with Crippen LogP contribution in [0.5, 0.6) is 0 Å². The Hall–Kier alpha value is -2.70. The van der Waals surface area contributed by atoms with Crippen molar-refractivity contribution in [3.63, 3.8) is 0 Å². The zero-order chi connectivity index (χ0) is 31.4. The number of carbonyl (C=O) groups is 4. The molecule has 5 aliphatic heterocycles. The molecule has 12 unspecified atom stereocenters. The lowest BCUT2D eigenvalue weighted by Crippen LogP contribution is -2.61. The molecule has 4 fully saturated rings. The van der Waals surface area contributed by atoms with E-state index in [1.54, 1.807) is 19.9 Å². The fourth-order valence-electron chi connectivity index (χ4n) is 6.98. The molecule has 236 valence electrons. The van der Waals surface area contributed by atoms with E-state index < -0.39 is 71.1 Å². The predicted octanol–water partition coefficient (Wildman–Crippen LogP) is 1.83. The van der Waals surface area contributed by atoms with Crippen LogP contribution >= 0.6 is 0 Å². The number of aliphatic hydroxyl groups is 1. The number of hydrogen-bond donors (Lipinski definition) is 2. The third-order valence-electron chi connectivity index (χ3n) is 9.82. The predicted molar refractivity (Wildman–Crippen MR) is 154 cm³/mol. The van der Waals surface area contributed by atoms with Gasteiger partial charge in [-0.05, 0) is 45.8 Å². The summed E-state index contributed by atoms with van der Waals surface area (Å²) < 4.78 is 24.3. The van der Waals surface area contributed by atoms with Gasteiger partial charge in [-0.15, -0.1) is 0 Å². The smallest absolute Gasteiger partial charge is 0.243 e. The normalized spacial score (nSPS) is 42.4. The highest BCUT2D eigenvalue weighted by Crippen LogP contribution is 2.52. The maximum absolute atomic E-state index is 13.6. The Morgan fingerprint density at radius 2 is 1.86 bits per heavy atom. The number of allylic oxidation sites excluding steroid dienone is 3. The third kappa shape index (κ3) is 5.55. The Morgan fingerprint density at radius 1 is 1.16 bits per heavy atom. The highest BCUT2D eigenvalue weighted by atomic mass is 16.8. The summed E-state index contributed by atoms with van der Waals surface area (Å²) in [6.07, 6.45) is 7.27. The first-order valence-electron chi connectivity index (χ1n) is 15.2. The molecule has 0 saturated carbocycles. The van der Waals surface area contributed by atoms with Crippen LogP contribution < -0.4 is 5.32 Å². The standard InChI is InChI=1S/C32H44N2O9/c1-16(14-17(2)28-18(3)23-12-13-32(15-40-32)31(6,42-23)43-28)8-9-22(36)25-27(37)26(19(4)29(38)33-7)34(30(25)39)24-11-10-21(35)20(5)41-24/h8-9,12-14,17-21,23-26,28,35H,10-11,15H2,1-7H3,(H,33,38). The van der Waals surface area contributed by atoms with Crippen LogP contribution in [0.25, 0.3) is 0 Å². The molecule has 0 aromatic heterocycles. The molecule has 0 radical (unpaired) electrons. The summed E-state index contributed by atoms with van der Waals surface area (Å²) in [5.41, 5.74) is 0.226. The van der Waals surface area contributed by atoms with Crippen molar-refractivity contribution < 1.29 is 43.2 Å². The number of likely N-dealkylation sites (tertiary alicyclic amines) is 1. The van der Waals surface area contributed by atoms with Gasteiger partial charge in [0.2, 0.25) is 17.6 Å². The van der Waals surface area contributed by atoms with Gasteiger partial charge < -0.3 is 34.3 Å². The number of carbonyl (C=O) groups excluding carboxylic acids is 4. The van der Waals surface area contributed by atoms with Crippen LogP contribution in [-0.4, -0.2) is 95.1 Å². The summed E-state index contributed by atoms with van der Waals surface area (Å²) in [6, 6.07) is -1.15. The van der Waals surface area contributed by atoms with Crippen LogP contribution in [0, 0.1) is 23.7 Å². The van der Waals surface area contributed by atoms with E-state index in [1.807, 2.05) is 32.9 Å². The van der Waals surface area contributed by atoms with Crippen molar-refractivity contribution in [2.75, 3.05) is 13.7 Å². The molecule has 2 amide bonds. The second-order valence-corrected chi connectivity index (χ2v) is 12.9. The van der Waals surface area contributed by atoms with Gasteiger partial charge in [-0.3, -0.25) is 19.2 Å². The van der Waals surface area contributed by atoms with Crippen LogP contribution in [0.2, 0.25) is 0 Å². The Balaban J connectivity index is 1.31. The van der Waals surface area contributed by atoms with Crippen LogP contribution in [-0.2, 0) is 38.1 Å². The van der Waals surface area contributed by atoms with Crippen molar-refractivity contribution >= 4 is 23.4 Å². The average molecular weight is 601 g/mol. The quantitative estimate of drug-likeness (QED) is 0.140. The number of ketones is 2. The van der Waals surface area contributed by atoms with Crippen LogP contribution in [0.15, 0.2) is 36.0 Å². The van der Waals surface area contributed by atoms with Gasteiger partial charge in [-0.2, -0.15) is 0 Å². The summed E-state index contributed by atoms with van der Waals surface area (Å²) >= 11 is 0. The van der Waals surface area contributed by atoms with Gasteiger partial charge in [0.1, 0.15) is 12.3 Å². The van der Waals surface area contributed by atoms with Crippen molar-refractivity contribution in [3.05, 3.63) is 36.0 Å². The largest absolute Gasteiger partial charge is 0.390 e. The van der Waals surface area contributed by atoms with Crippen LogP contribution in [0.3, 0.4) is 0 Å². The fraction of sp³-hybridized carbons (Fsp3) is 0.688. The van der Waals surface area contributed by atoms with Gasteiger partial charge in [0.05, 0.1) is 36.9 Å². The number of nitrogens with one attached hydrogen (secondary N) is 1. The lowest BCUT2D eigenvalue weighted by atomic mass is 9.82. The van der Waals surface area contributed by atoms with Gasteiger partial charge in [0.25, 0.3) is 0 Å². The molecule has 1 spiro atoms. The Kier molecular flexibility index (Phi) is 8.60. The third-order valence-corrected chi connectivity index (χ3v) is 9.82. The molecule has 5 rings (SSSR count). The minimum Gasteiger partial charge on any atom is -0.390 e. The number of nitrogens with zero attached hydrogens (tertiary/aromatic N) is 1. The van der Waals surface area contributed by atoms with E-state index in [2.05, 4.69) is 18.3 Å². The molecule has 2 bridgehead atoms. The molecular weight excluding hydrogens is 556 g/mol. The van der Waals surface area contributed by atoms with Crippen molar-refractivity contribution in [3.8, 4) is 0 Å². The summed E-state index contributed by atoms with van der Waals surface area (Å²) in [5, 5.41) is 12.6. The maximum atomic E-state index is 13.6. The maximum Gasteiger partial charge on any atom is 0.243 e. The van der Waals surface area contributed by atoms with Gasteiger partial charge in [0.15, 0.2) is 23.1 Å². The Morgan fingerprint density at radius 3 is 2.49 bits per heavy atom. The SMILES string of the molecule is CNC(=O)C(C)C1C(=O)C(C(=O)C=CC(C)=CC(C)C2OC3(C)OC(C=CC34CO4)C2C)C(=O)N1C1CCC(O)C(C)O1. The topological polar surface area (TPSA) is 144 Å². The van der Waals surface area contributed by atoms with Crippen molar-refractivity contribution in [1.29, 1.82) is 0 Å². The zero-order valence-corrected chi connectivity index (χ0v) is 25.9. The summed E-state index contributed by atoms with van der Waals surface area (Å²) in [6.45, 7) is 11.7. The fourth-order valence-corrected chi connectivity index (χ4v) is 6.98. The van der Waals surface area contributed by atoms with Gasteiger partial charge in [-0.25, -0.2) is 0 Å². The summed E-state index contributed by atoms with van der Waals surface area (Å²) in [5.74, 6) is -5.67. The number of ether oxygens (including phenoxy) is 4. The summed E-state index contributed by atoms with van der Waals surface area (Å²) in [4.78, 5) is 54.4. The van der Waals surface area contributed by atoms with Crippen molar-refractivity contribution in [2.45, 2.75) is 102 Å². The highest BCUT2D eigenvalue weighted by molar-refractivity contribution is 6.27. The number of fused-ring (bicyclic) bond motifs is 3. The Labute approximate surface area is 252 Å². The Bertz CT molecular complexity index is 1260. The van der Waals surface area contributed by atoms with E-state index in [0.717, 1.165) is 5.57 Å². The molecule has 4 saturated heterocycles. The van der Waals surface area contributed by atoms with Gasteiger partial charge in [-0.1, -0.05) is 44.6 Å². The average Bonchev–Trinajstić information content (AvgIpc) is 3.71. The molecule has 11 nitrogen and oxygen atoms in total. The lowest BCUT2D eigenvalue weighted by Gasteiger charge is -2.51. The van der Waals surface area contributed by atoms with Gasteiger partial charge in [0, 0.05) is 18.9 Å². The number of hydrogen-bond acceptors (Lipinski definition) is 9. The zero-order valence-electron chi connectivity index (χ0n) is 25.9. The van der Waals surface area contributed by atoms with Crippen LogP contribution in [0.4, 0.5) is 0 Å². The van der Waals surface area contributed by atoms with E-state index in [1.165, 1.54) is 18.0 Å². The van der Waals surface area contributed by atoms with E-state index in [4.69, 9.17) is 18.9 Å². The second-order valence-electron chi connectivity index (χ2n) is 12.9. The first-order chi connectivity index (χ1) is 20.2. The molecule has 11 heteroatoms. The van der Waals surface area contributed by atoms with E-state index in [9.17, 15) is 24.3 Å². The van der Waals surface area contributed by atoms with Crippen molar-refractivity contribution in [2.24, 2.45) is 23.7 Å². The molecule has 12 atom stereocenters. The van der Waals surface area contributed by atoms with Crippen LogP contribution in [0.1, 0.15) is 54.4 Å². The number of rotatable bonds is 8. The number of aliphatic hydroxyl groups excluding tert-OH is 1. The first kappa shape index (κ1) is 31.7. The summed E-state index contributed by atoms with van der Waals surface area (Å²) in [7, 11) is 1.45. The molecule has 0 aromatic carbocycles. The highest BCUT2D eigenvalue weighted by Gasteiger charge is 2.66. The molecule has 5 heterocycles. The van der Waals surface area contributed by atoms with E-state index in [-0.39, 0.29) is 30.5 Å². The number of epoxide rings is 1. The van der Waals surface area contributed by atoms with Crippen molar-refractivity contribution in [1.82, 2.24) is 10.2 Å². The number of amides is 2. The lowest BCUT2D eigenvalue weighted by molar-refractivity contribution is -0.346. The molecule has 43 heavy (non-hydrogen) atoms. The second kappa shape index (κ2) is 11.7. The molecule has 0 aliphatic carbocycles. The van der Waals surface area contributed by atoms with Gasteiger partial charge >= 0.3 is 0 Å². The van der Waals surface area contributed by atoms with E-state index >= 15 is 0 Å². The first-order valence-corrected chi connectivity index (χ1v) is 15.2. The van der Waals surface area contributed by atoms with E-state index in [0.29, 0.717) is 13.0 Å². The minimum atomic E-state index is -1.57. The molecular formula is C32H44N2O9. The molecule has 0 aromatic rings. The number of Topliss-reactive ketones (excluding diaryl/α,β-unsaturated/α-hetero) is 1. The molecule has 5 aliphatic rings.